The highest BCUT2D eigenvalue weighted by Gasteiger charge is 2.32. The third-order valence-corrected chi connectivity index (χ3v) is 4.37. The van der Waals surface area contributed by atoms with Gasteiger partial charge in [-0.15, -0.1) is 0 Å². The number of halogens is 1. The molecule has 1 aliphatic rings. The van der Waals surface area contributed by atoms with E-state index < -0.39 is 0 Å². The van der Waals surface area contributed by atoms with Gasteiger partial charge in [0, 0.05) is 31.4 Å². The van der Waals surface area contributed by atoms with Crippen LogP contribution in [0.15, 0.2) is 42.6 Å². The summed E-state index contributed by atoms with van der Waals surface area (Å²) in [4.78, 5) is 26.0. The summed E-state index contributed by atoms with van der Waals surface area (Å²) in [5.74, 6) is -0.839. The second-order valence-electron chi connectivity index (χ2n) is 5.98. The van der Waals surface area contributed by atoms with E-state index >= 15 is 0 Å². The van der Waals surface area contributed by atoms with Gasteiger partial charge in [0.15, 0.2) is 0 Å². The maximum atomic E-state index is 13.7. The SMILES string of the molecule is CCOC(=O)CCC(=O)N1CCn2cccc2C1c1cccc(F)c1. The summed E-state index contributed by atoms with van der Waals surface area (Å²) in [5, 5.41) is 0. The number of rotatable bonds is 5. The number of benzene rings is 1. The Bertz CT molecular complexity index is 772. The molecule has 0 radical (unpaired) electrons. The fourth-order valence-electron chi connectivity index (χ4n) is 3.27. The van der Waals surface area contributed by atoms with Crippen LogP contribution in [0.5, 0.6) is 0 Å². The molecule has 2 heterocycles. The average Bonchev–Trinajstić information content (AvgIpc) is 3.07. The standard InChI is InChI=1S/C19H21FN2O3/c1-2-25-18(24)9-8-17(23)22-12-11-21-10-4-7-16(21)19(22)14-5-3-6-15(20)13-14/h3-7,10,13,19H,2,8-9,11-12H2,1H3. The molecule has 0 saturated heterocycles. The zero-order chi connectivity index (χ0) is 17.8. The van der Waals surface area contributed by atoms with Gasteiger partial charge in [-0.05, 0) is 36.8 Å². The number of amides is 1. The molecule has 3 rings (SSSR count). The lowest BCUT2D eigenvalue weighted by atomic mass is 9.99. The molecule has 1 unspecified atom stereocenters. The number of ether oxygens (including phenoxy) is 1. The van der Waals surface area contributed by atoms with E-state index in [4.69, 9.17) is 4.74 Å². The molecular weight excluding hydrogens is 323 g/mol. The van der Waals surface area contributed by atoms with Crippen LogP contribution in [0.2, 0.25) is 0 Å². The van der Waals surface area contributed by atoms with Crippen molar-refractivity contribution >= 4 is 11.9 Å². The van der Waals surface area contributed by atoms with Crippen molar-refractivity contribution in [1.82, 2.24) is 9.47 Å². The second-order valence-corrected chi connectivity index (χ2v) is 5.98. The summed E-state index contributed by atoms with van der Waals surface area (Å²) in [5.41, 5.74) is 1.67. The lowest BCUT2D eigenvalue weighted by Crippen LogP contribution is -2.42. The summed E-state index contributed by atoms with van der Waals surface area (Å²) >= 11 is 0. The number of esters is 1. The van der Waals surface area contributed by atoms with Gasteiger partial charge in [-0.1, -0.05) is 12.1 Å². The Morgan fingerprint density at radius 2 is 2.04 bits per heavy atom. The second kappa shape index (κ2) is 7.51. The van der Waals surface area contributed by atoms with E-state index in [9.17, 15) is 14.0 Å². The molecular formula is C19H21FN2O3. The van der Waals surface area contributed by atoms with Crippen molar-refractivity contribution in [2.45, 2.75) is 32.4 Å². The van der Waals surface area contributed by atoms with Gasteiger partial charge in [0.25, 0.3) is 0 Å². The van der Waals surface area contributed by atoms with Gasteiger partial charge >= 0.3 is 5.97 Å². The summed E-state index contributed by atoms with van der Waals surface area (Å²) in [6.45, 7) is 3.23. The van der Waals surface area contributed by atoms with Crippen molar-refractivity contribution < 1.29 is 18.7 Å². The van der Waals surface area contributed by atoms with Gasteiger partial charge in [0.05, 0.1) is 19.1 Å². The first kappa shape index (κ1) is 17.2. The molecule has 0 bridgehead atoms. The van der Waals surface area contributed by atoms with Crippen LogP contribution in [0.25, 0.3) is 0 Å². The third-order valence-electron chi connectivity index (χ3n) is 4.37. The Labute approximate surface area is 146 Å². The van der Waals surface area contributed by atoms with Gasteiger partial charge in [-0.3, -0.25) is 9.59 Å². The molecule has 5 nitrogen and oxygen atoms in total. The van der Waals surface area contributed by atoms with Crippen molar-refractivity contribution in [3.63, 3.8) is 0 Å². The molecule has 6 heteroatoms. The molecule has 1 atom stereocenters. The first-order chi connectivity index (χ1) is 12.1. The Hall–Kier alpha value is -2.63. The molecule has 0 fully saturated rings. The monoisotopic (exact) mass is 344 g/mol. The molecule has 0 aliphatic carbocycles. The quantitative estimate of drug-likeness (QED) is 0.784. The van der Waals surface area contributed by atoms with E-state index in [0.29, 0.717) is 19.7 Å². The van der Waals surface area contributed by atoms with Gasteiger partial charge < -0.3 is 14.2 Å². The number of carbonyl (C=O) groups is 2. The van der Waals surface area contributed by atoms with E-state index in [-0.39, 0.29) is 36.6 Å². The fraction of sp³-hybridized carbons (Fsp3) is 0.368. The molecule has 25 heavy (non-hydrogen) atoms. The van der Waals surface area contributed by atoms with E-state index in [0.717, 1.165) is 11.3 Å². The van der Waals surface area contributed by atoms with Crippen molar-refractivity contribution in [1.29, 1.82) is 0 Å². The van der Waals surface area contributed by atoms with Crippen molar-refractivity contribution in [3.05, 3.63) is 59.7 Å². The maximum absolute atomic E-state index is 13.7. The molecule has 0 N–H and O–H groups in total. The Morgan fingerprint density at radius 1 is 1.20 bits per heavy atom. The Balaban J connectivity index is 1.84. The minimum absolute atomic E-state index is 0.0556. The van der Waals surface area contributed by atoms with Crippen molar-refractivity contribution in [2.24, 2.45) is 0 Å². The minimum Gasteiger partial charge on any atom is -0.466 e. The van der Waals surface area contributed by atoms with Crippen LogP contribution in [0.1, 0.15) is 37.1 Å². The summed E-state index contributed by atoms with van der Waals surface area (Å²) < 4.78 is 20.7. The van der Waals surface area contributed by atoms with Crippen molar-refractivity contribution in [3.8, 4) is 0 Å². The van der Waals surface area contributed by atoms with E-state index in [2.05, 4.69) is 4.57 Å². The zero-order valence-corrected chi connectivity index (χ0v) is 14.2. The predicted molar refractivity (Wildman–Crippen MR) is 90.3 cm³/mol. The van der Waals surface area contributed by atoms with Gasteiger partial charge in [-0.2, -0.15) is 0 Å². The smallest absolute Gasteiger partial charge is 0.306 e. The Morgan fingerprint density at radius 3 is 2.80 bits per heavy atom. The van der Waals surface area contributed by atoms with Crippen LogP contribution in [0.3, 0.4) is 0 Å². The molecule has 132 valence electrons. The molecule has 1 amide bonds. The van der Waals surface area contributed by atoms with Crippen LogP contribution in [0, 0.1) is 5.82 Å². The third kappa shape index (κ3) is 3.73. The summed E-state index contributed by atoms with van der Waals surface area (Å²) in [7, 11) is 0. The van der Waals surface area contributed by atoms with E-state index in [1.54, 1.807) is 17.9 Å². The van der Waals surface area contributed by atoms with Gasteiger partial charge in [0.1, 0.15) is 5.82 Å². The van der Waals surface area contributed by atoms with Crippen LogP contribution >= 0.6 is 0 Å². The topological polar surface area (TPSA) is 51.5 Å². The summed E-state index contributed by atoms with van der Waals surface area (Å²) in [6, 6.07) is 9.83. The number of nitrogens with zero attached hydrogens (tertiary/aromatic N) is 2. The molecule has 1 aliphatic heterocycles. The van der Waals surface area contributed by atoms with Crippen LogP contribution in [0.4, 0.5) is 4.39 Å². The Kier molecular flexibility index (Phi) is 5.16. The van der Waals surface area contributed by atoms with Crippen molar-refractivity contribution in [2.75, 3.05) is 13.2 Å². The number of aromatic nitrogens is 1. The van der Waals surface area contributed by atoms with Gasteiger partial charge in [0.2, 0.25) is 5.91 Å². The average molecular weight is 344 g/mol. The number of hydrogen-bond donors (Lipinski definition) is 0. The first-order valence-corrected chi connectivity index (χ1v) is 8.45. The van der Waals surface area contributed by atoms with Crippen LogP contribution in [-0.4, -0.2) is 34.5 Å². The highest BCUT2D eigenvalue weighted by atomic mass is 19.1. The predicted octanol–water partition coefficient (Wildman–Crippen LogP) is 2.90. The summed E-state index contributed by atoms with van der Waals surface area (Å²) in [6.07, 6.45) is 2.10. The van der Waals surface area contributed by atoms with Gasteiger partial charge in [-0.25, -0.2) is 4.39 Å². The number of fused-ring (bicyclic) bond motifs is 1. The molecule has 2 aromatic rings. The fourth-order valence-corrected chi connectivity index (χ4v) is 3.27. The normalized spacial score (nSPS) is 16.4. The van der Waals surface area contributed by atoms with E-state index in [1.807, 2.05) is 24.4 Å². The number of carbonyl (C=O) groups excluding carboxylic acids is 2. The maximum Gasteiger partial charge on any atom is 0.306 e. The molecule has 0 saturated carbocycles. The zero-order valence-electron chi connectivity index (χ0n) is 14.2. The van der Waals surface area contributed by atoms with Crippen LogP contribution < -0.4 is 0 Å². The molecule has 1 aromatic carbocycles. The van der Waals surface area contributed by atoms with Crippen LogP contribution in [-0.2, 0) is 20.9 Å². The lowest BCUT2D eigenvalue weighted by Gasteiger charge is -2.37. The first-order valence-electron chi connectivity index (χ1n) is 8.45. The molecule has 1 aromatic heterocycles. The lowest BCUT2D eigenvalue weighted by molar-refractivity contribution is -0.146. The largest absolute Gasteiger partial charge is 0.466 e. The number of hydrogen-bond acceptors (Lipinski definition) is 3. The minimum atomic E-state index is -0.376. The highest BCUT2D eigenvalue weighted by molar-refractivity contribution is 5.82. The highest BCUT2D eigenvalue weighted by Crippen LogP contribution is 2.33. The molecule has 0 spiro atoms. The van der Waals surface area contributed by atoms with E-state index in [1.165, 1.54) is 12.1 Å².